The van der Waals surface area contributed by atoms with Crippen molar-refractivity contribution < 1.29 is 4.79 Å². The van der Waals surface area contributed by atoms with Gasteiger partial charge in [0.15, 0.2) is 11.5 Å². The molecule has 0 saturated carbocycles. The van der Waals surface area contributed by atoms with Crippen LogP contribution in [0.1, 0.15) is 36.2 Å². The molecule has 2 saturated heterocycles. The third kappa shape index (κ3) is 5.20. The molecule has 3 aromatic heterocycles. The summed E-state index contributed by atoms with van der Waals surface area (Å²) in [4.78, 5) is 43.3. The molecule has 1 aromatic carbocycles. The molecule has 3 N–H and O–H groups in total. The predicted octanol–water partition coefficient (Wildman–Crippen LogP) is 3.32. The predicted molar refractivity (Wildman–Crippen MR) is 160 cm³/mol. The first-order valence-electron chi connectivity index (χ1n) is 14.0. The molecule has 4 aromatic rings. The number of allylic oxidation sites excluding steroid dienone is 1. The van der Waals surface area contributed by atoms with Gasteiger partial charge >= 0.3 is 0 Å². The smallest absolute Gasteiger partial charge is 0.278 e. The summed E-state index contributed by atoms with van der Waals surface area (Å²) in [5.41, 5.74) is 8.17. The van der Waals surface area contributed by atoms with Crippen molar-refractivity contribution in [2.45, 2.75) is 32.2 Å². The fraction of sp³-hybridized carbons (Fsp3) is 0.367. The monoisotopic (exact) mass is 553 g/mol. The van der Waals surface area contributed by atoms with E-state index in [0.717, 1.165) is 18.8 Å². The molecule has 1 spiro atoms. The van der Waals surface area contributed by atoms with E-state index in [9.17, 15) is 9.59 Å². The number of carbonyl (C=O) groups excluding carboxylic acids is 1. The van der Waals surface area contributed by atoms with Gasteiger partial charge in [-0.15, -0.1) is 6.58 Å². The number of nitrogens with zero attached hydrogens (tertiary/aromatic N) is 7. The van der Waals surface area contributed by atoms with E-state index in [1.54, 1.807) is 22.9 Å². The van der Waals surface area contributed by atoms with Gasteiger partial charge in [-0.2, -0.15) is 4.98 Å². The first-order chi connectivity index (χ1) is 19.9. The van der Waals surface area contributed by atoms with E-state index in [1.807, 2.05) is 12.1 Å². The van der Waals surface area contributed by atoms with Crippen LogP contribution in [0, 0.1) is 5.41 Å². The summed E-state index contributed by atoms with van der Waals surface area (Å²) >= 11 is 0. The normalized spacial score (nSPS) is 17.1. The van der Waals surface area contributed by atoms with E-state index in [0.29, 0.717) is 28.2 Å². The van der Waals surface area contributed by atoms with Crippen LogP contribution in [0.25, 0.3) is 16.9 Å². The summed E-state index contributed by atoms with van der Waals surface area (Å²) in [5, 5.41) is 3.59. The molecule has 0 bridgehead atoms. The fourth-order valence-corrected chi connectivity index (χ4v) is 6.00. The Bertz CT molecular complexity index is 1640. The molecule has 212 valence electrons. The van der Waals surface area contributed by atoms with Crippen LogP contribution in [0.5, 0.6) is 0 Å². The lowest BCUT2D eigenvalue weighted by Crippen LogP contribution is -2.46. The third-order valence-electron chi connectivity index (χ3n) is 8.54. The number of carbonyl (C=O) groups is 1. The van der Waals surface area contributed by atoms with Crippen molar-refractivity contribution in [1.82, 2.24) is 29.2 Å². The van der Waals surface area contributed by atoms with Crippen molar-refractivity contribution in [2.24, 2.45) is 11.1 Å². The van der Waals surface area contributed by atoms with Crippen molar-refractivity contribution in [3.8, 4) is 5.82 Å². The standard InChI is InChI=1S/C30H35N9O2/c1-3-15-38-28(41)23-20-32-29(35-27(23)39(38)25-6-4-5-24(34-25)26(31)40)33-21-7-9-22(10-8-21)37-18-13-30(14-19-37)11-16-36(2)17-12-30/h3-10,20H,1,11-19H2,2H3,(H2,31,40)(H,32,33,35). The lowest BCUT2D eigenvalue weighted by molar-refractivity contribution is 0.0945. The average molecular weight is 554 g/mol. The molecule has 11 nitrogen and oxygen atoms in total. The molecule has 1 amide bonds. The van der Waals surface area contributed by atoms with Crippen LogP contribution < -0.4 is 21.5 Å². The molecule has 0 radical (unpaired) electrons. The lowest BCUT2D eigenvalue weighted by Gasteiger charge is -2.46. The SMILES string of the molecule is C=CCn1c(=O)c2cnc(Nc3ccc(N4CCC5(CCN(C)CC5)CC4)cc3)nc2n1-c1cccc(C(N)=O)n1. The quantitative estimate of drug-likeness (QED) is 0.334. The molecular formula is C30H35N9O2. The Morgan fingerprint density at radius 1 is 1.05 bits per heavy atom. The van der Waals surface area contributed by atoms with Crippen LogP contribution in [0.15, 0.2) is 66.1 Å². The maximum Gasteiger partial charge on any atom is 0.278 e. The summed E-state index contributed by atoms with van der Waals surface area (Å²) in [7, 11) is 2.22. The Labute approximate surface area is 238 Å². The van der Waals surface area contributed by atoms with Gasteiger partial charge in [-0.05, 0) is 87.6 Å². The summed E-state index contributed by atoms with van der Waals surface area (Å²) in [6.45, 7) is 8.57. The second-order valence-electron chi connectivity index (χ2n) is 11.1. The molecule has 2 aliphatic rings. The minimum Gasteiger partial charge on any atom is -0.371 e. The third-order valence-corrected chi connectivity index (χ3v) is 8.54. The Kier molecular flexibility index (Phi) is 7.04. The Balaban J connectivity index is 1.23. The number of primary amides is 1. The highest BCUT2D eigenvalue weighted by molar-refractivity contribution is 5.91. The van der Waals surface area contributed by atoms with Gasteiger partial charge in [0, 0.05) is 30.7 Å². The van der Waals surface area contributed by atoms with Crippen molar-refractivity contribution >= 4 is 34.3 Å². The number of hydrogen-bond donors (Lipinski definition) is 2. The molecule has 11 heteroatoms. The summed E-state index contributed by atoms with van der Waals surface area (Å²) in [5.74, 6) is 0.0167. The van der Waals surface area contributed by atoms with Crippen molar-refractivity contribution in [3.05, 3.63) is 77.4 Å². The number of nitrogens with one attached hydrogen (secondary N) is 1. The summed E-state index contributed by atoms with van der Waals surface area (Å²) < 4.78 is 3.02. The molecule has 5 heterocycles. The number of rotatable bonds is 7. The molecule has 0 unspecified atom stereocenters. The van der Waals surface area contributed by atoms with Crippen LogP contribution in [0.4, 0.5) is 17.3 Å². The Morgan fingerprint density at radius 2 is 1.76 bits per heavy atom. The van der Waals surface area contributed by atoms with Gasteiger partial charge in [0.05, 0.1) is 6.54 Å². The number of piperidine rings is 2. The molecule has 2 fully saturated rings. The minimum atomic E-state index is -0.660. The molecule has 0 aliphatic carbocycles. The number of hydrogen-bond acceptors (Lipinski definition) is 8. The number of fused-ring (bicyclic) bond motifs is 1. The second-order valence-corrected chi connectivity index (χ2v) is 11.1. The topological polar surface area (TPSA) is 127 Å². The number of nitrogens with two attached hydrogens (primary N) is 1. The first kappa shape index (κ1) is 26.7. The molecular weight excluding hydrogens is 518 g/mol. The van der Waals surface area contributed by atoms with Gasteiger partial charge in [-0.1, -0.05) is 12.1 Å². The van der Waals surface area contributed by atoms with Gasteiger partial charge in [0.2, 0.25) is 5.95 Å². The maximum atomic E-state index is 13.2. The van der Waals surface area contributed by atoms with Crippen molar-refractivity contribution in [2.75, 3.05) is 43.4 Å². The zero-order chi connectivity index (χ0) is 28.6. The average Bonchev–Trinajstić information content (AvgIpc) is 3.26. The van der Waals surface area contributed by atoms with E-state index in [1.165, 1.54) is 61.4 Å². The second kappa shape index (κ2) is 10.8. The Morgan fingerprint density at radius 3 is 2.44 bits per heavy atom. The Hall–Kier alpha value is -4.51. The zero-order valence-corrected chi connectivity index (χ0v) is 23.3. The highest BCUT2D eigenvalue weighted by atomic mass is 16.1. The number of pyridine rings is 1. The van der Waals surface area contributed by atoms with E-state index in [4.69, 9.17) is 5.73 Å². The lowest BCUT2D eigenvalue weighted by atomic mass is 9.71. The summed E-state index contributed by atoms with van der Waals surface area (Å²) in [6.07, 6.45) is 8.23. The van der Waals surface area contributed by atoms with Gasteiger partial charge in [-0.25, -0.2) is 19.3 Å². The van der Waals surface area contributed by atoms with Gasteiger partial charge in [0.1, 0.15) is 11.1 Å². The van der Waals surface area contributed by atoms with Crippen LogP contribution in [-0.4, -0.2) is 68.3 Å². The largest absolute Gasteiger partial charge is 0.371 e. The van der Waals surface area contributed by atoms with Gasteiger partial charge in [-0.3, -0.25) is 9.59 Å². The summed E-state index contributed by atoms with van der Waals surface area (Å²) in [6, 6.07) is 13.2. The first-order valence-corrected chi connectivity index (χ1v) is 14.0. The highest BCUT2D eigenvalue weighted by Crippen LogP contribution is 2.42. The fourth-order valence-electron chi connectivity index (χ4n) is 6.00. The molecule has 6 rings (SSSR count). The van der Waals surface area contributed by atoms with E-state index in [2.05, 4.69) is 55.8 Å². The van der Waals surface area contributed by atoms with Gasteiger partial charge in [0.25, 0.3) is 11.5 Å². The number of aromatic nitrogens is 5. The van der Waals surface area contributed by atoms with E-state index >= 15 is 0 Å². The highest BCUT2D eigenvalue weighted by Gasteiger charge is 2.36. The number of likely N-dealkylation sites (tertiary alicyclic amines) is 1. The van der Waals surface area contributed by atoms with Crippen LogP contribution in [0.2, 0.25) is 0 Å². The molecule has 0 atom stereocenters. The van der Waals surface area contributed by atoms with E-state index in [-0.39, 0.29) is 17.8 Å². The minimum absolute atomic E-state index is 0.0877. The number of anilines is 3. The zero-order valence-electron chi connectivity index (χ0n) is 23.3. The van der Waals surface area contributed by atoms with Crippen LogP contribution in [0.3, 0.4) is 0 Å². The maximum absolute atomic E-state index is 13.2. The van der Waals surface area contributed by atoms with Crippen LogP contribution in [-0.2, 0) is 6.54 Å². The van der Waals surface area contributed by atoms with Crippen LogP contribution >= 0.6 is 0 Å². The molecule has 2 aliphatic heterocycles. The number of benzene rings is 1. The van der Waals surface area contributed by atoms with Crippen molar-refractivity contribution in [3.63, 3.8) is 0 Å². The molecule has 41 heavy (non-hydrogen) atoms. The number of amides is 1. The van der Waals surface area contributed by atoms with E-state index < -0.39 is 5.91 Å². The van der Waals surface area contributed by atoms with Gasteiger partial charge < -0.3 is 20.9 Å². The van der Waals surface area contributed by atoms with Crippen molar-refractivity contribution in [1.29, 1.82) is 0 Å².